The molecule has 0 aromatic heterocycles. The summed E-state index contributed by atoms with van der Waals surface area (Å²) in [5.74, 6) is 6.57. The van der Waals surface area contributed by atoms with Gasteiger partial charge in [0.15, 0.2) is 0 Å². The molecule has 8 aliphatic carbocycles. The fourth-order valence-corrected chi connectivity index (χ4v) is 11.6. The van der Waals surface area contributed by atoms with Crippen LogP contribution >= 0.6 is 0 Å². The first-order valence-electron chi connectivity index (χ1n) is 16.7. The average molecular weight is 551 g/mol. The zero-order valence-electron chi connectivity index (χ0n) is 24.8. The molecule has 8 saturated carbocycles. The highest BCUT2D eigenvalue weighted by Crippen LogP contribution is 2.65. The van der Waals surface area contributed by atoms with Crippen LogP contribution in [0.3, 0.4) is 0 Å². The first kappa shape index (κ1) is 26.1. The Balaban J connectivity index is 1.14. The van der Waals surface area contributed by atoms with Crippen molar-refractivity contribution < 1.29 is 14.3 Å². The van der Waals surface area contributed by atoms with Crippen molar-refractivity contribution in [2.45, 2.75) is 94.8 Å². The summed E-state index contributed by atoms with van der Waals surface area (Å²) in [6.45, 7) is 2.85. The molecule has 0 atom stereocenters. The molecule has 8 bridgehead atoms. The third kappa shape index (κ3) is 4.66. The van der Waals surface area contributed by atoms with Crippen molar-refractivity contribution in [2.24, 2.45) is 35.5 Å². The summed E-state index contributed by atoms with van der Waals surface area (Å²) in [5, 5.41) is 0. The van der Waals surface area contributed by atoms with Gasteiger partial charge in [-0.3, -0.25) is 0 Å². The van der Waals surface area contributed by atoms with Gasteiger partial charge in [0.25, 0.3) is 0 Å². The molecule has 3 heteroatoms. The van der Waals surface area contributed by atoms with E-state index >= 15 is 0 Å². The van der Waals surface area contributed by atoms with Crippen LogP contribution in [0, 0.1) is 35.5 Å². The lowest BCUT2D eigenvalue weighted by Crippen LogP contribution is -2.50. The van der Waals surface area contributed by atoms with Gasteiger partial charge in [-0.05, 0) is 154 Å². The van der Waals surface area contributed by atoms with Crippen molar-refractivity contribution in [3.05, 3.63) is 70.9 Å². The van der Waals surface area contributed by atoms with Gasteiger partial charge < -0.3 is 9.47 Å². The molecule has 8 fully saturated rings. The van der Waals surface area contributed by atoms with Crippen LogP contribution in [0.4, 0.5) is 0 Å². The first-order valence-corrected chi connectivity index (χ1v) is 16.7. The number of carbonyl (C=O) groups excluding carboxylic acids is 1. The standard InChI is InChI=1S/C38H46O3/c1-2-40-35(39)8-6-4-3-5-7-25-15-32-16-33(37-18-26-9-27(19-37)11-28(10-26)20-37)17-34(36(32)41-24-25)38-21-29-12-30(22-38)14-31(13-29)23-38/h3-8,15-17,26-31H,2,9-14,18-24H2,1H3/b4-3+,7-5+,8-6+. The lowest BCUT2D eigenvalue weighted by Gasteiger charge is -2.59. The Morgan fingerprint density at radius 1 is 0.805 bits per heavy atom. The number of hydrogen-bond donors (Lipinski definition) is 0. The molecule has 0 saturated heterocycles. The lowest BCUT2D eigenvalue weighted by atomic mass is 9.46. The minimum Gasteiger partial charge on any atom is -0.488 e. The minimum absolute atomic E-state index is 0.300. The van der Waals surface area contributed by atoms with E-state index in [1.807, 2.05) is 19.1 Å². The molecule has 10 rings (SSSR count). The van der Waals surface area contributed by atoms with E-state index in [4.69, 9.17) is 9.47 Å². The van der Waals surface area contributed by atoms with Crippen molar-refractivity contribution in [2.75, 3.05) is 13.2 Å². The van der Waals surface area contributed by atoms with E-state index in [0.29, 0.717) is 24.0 Å². The maximum Gasteiger partial charge on any atom is 0.330 e. The molecule has 1 aliphatic heterocycles. The van der Waals surface area contributed by atoms with Gasteiger partial charge in [-0.2, -0.15) is 0 Å². The van der Waals surface area contributed by atoms with E-state index in [9.17, 15) is 4.79 Å². The number of carbonyl (C=O) groups is 1. The monoisotopic (exact) mass is 550 g/mol. The van der Waals surface area contributed by atoms with Gasteiger partial charge in [0.1, 0.15) is 12.4 Å². The van der Waals surface area contributed by atoms with Crippen LogP contribution < -0.4 is 4.74 Å². The quantitative estimate of drug-likeness (QED) is 0.194. The molecule has 0 unspecified atom stereocenters. The highest BCUT2D eigenvalue weighted by Gasteiger charge is 2.55. The second kappa shape index (κ2) is 10.0. The summed E-state index contributed by atoms with van der Waals surface area (Å²) in [6, 6.07) is 5.30. The van der Waals surface area contributed by atoms with Crippen LogP contribution in [0.2, 0.25) is 0 Å². The van der Waals surface area contributed by atoms with Gasteiger partial charge in [0, 0.05) is 17.2 Å². The Morgan fingerprint density at radius 3 is 1.95 bits per heavy atom. The molecule has 0 N–H and O–H groups in total. The number of hydrogen-bond acceptors (Lipinski definition) is 3. The van der Waals surface area contributed by atoms with Crippen molar-refractivity contribution >= 4 is 12.0 Å². The highest BCUT2D eigenvalue weighted by molar-refractivity contribution is 5.82. The van der Waals surface area contributed by atoms with E-state index in [1.54, 1.807) is 17.2 Å². The predicted octanol–water partition coefficient (Wildman–Crippen LogP) is 8.63. The van der Waals surface area contributed by atoms with Gasteiger partial charge >= 0.3 is 5.97 Å². The summed E-state index contributed by atoms with van der Waals surface area (Å²) in [7, 11) is 0. The zero-order chi connectivity index (χ0) is 27.6. The molecule has 0 spiro atoms. The smallest absolute Gasteiger partial charge is 0.330 e. The largest absolute Gasteiger partial charge is 0.488 e. The van der Waals surface area contributed by atoms with Crippen molar-refractivity contribution in [3.8, 4) is 5.75 Å². The number of allylic oxidation sites excluding steroid dienone is 4. The molecule has 0 radical (unpaired) electrons. The van der Waals surface area contributed by atoms with Crippen molar-refractivity contribution in [3.63, 3.8) is 0 Å². The number of fused-ring (bicyclic) bond motifs is 1. The molecule has 3 nitrogen and oxygen atoms in total. The second-order valence-electron chi connectivity index (χ2n) is 15.2. The Kier molecular flexibility index (Phi) is 6.38. The molecular weight excluding hydrogens is 504 g/mol. The van der Waals surface area contributed by atoms with E-state index in [2.05, 4.69) is 30.4 Å². The molecular formula is C38H46O3. The van der Waals surface area contributed by atoms with Crippen molar-refractivity contribution in [1.29, 1.82) is 0 Å². The fraction of sp³-hybridized carbons (Fsp3) is 0.605. The average Bonchev–Trinajstić information content (AvgIpc) is 2.93. The highest BCUT2D eigenvalue weighted by atomic mass is 16.5. The van der Waals surface area contributed by atoms with Gasteiger partial charge in [0.05, 0.1) is 6.61 Å². The Bertz CT molecular complexity index is 1270. The van der Waals surface area contributed by atoms with Crippen LogP contribution in [-0.4, -0.2) is 19.2 Å². The van der Waals surface area contributed by atoms with E-state index in [-0.39, 0.29) is 5.97 Å². The van der Waals surface area contributed by atoms with Gasteiger partial charge in [-0.1, -0.05) is 36.4 Å². The predicted molar refractivity (Wildman–Crippen MR) is 164 cm³/mol. The summed E-state index contributed by atoms with van der Waals surface area (Å²) in [6.07, 6.45) is 31.0. The van der Waals surface area contributed by atoms with E-state index in [0.717, 1.165) is 35.5 Å². The molecule has 1 heterocycles. The summed E-state index contributed by atoms with van der Waals surface area (Å²) in [4.78, 5) is 11.5. The third-order valence-corrected chi connectivity index (χ3v) is 12.3. The Labute approximate surface area is 246 Å². The summed E-state index contributed by atoms with van der Waals surface area (Å²) in [5.41, 5.74) is 6.55. The summed E-state index contributed by atoms with van der Waals surface area (Å²) >= 11 is 0. The summed E-state index contributed by atoms with van der Waals surface area (Å²) < 4.78 is 11.7. The van der Waals surface area contributed by atoms with Crippen LogP contribution in [0.25, 0.3) is 6.08 Å². The number of benzene rings is 1. The maximum atomic E-state index is 11.5. The van der Waals surface area contributed by atoms with Crippen LogP contribution in [0.1, 0.15) is 101 Å². The van der Waals surface area contributed by atoms with Gasteiger partial charge in [-0.25, -0.2) is 4.79 Å². The SMILES string of the molecule is CCOC(=O)/C=C/C=C/C=C/C1=Cc2cc(C34CC5CC(CC(C5)C3)C4)cc(C34CC5CC(CC(C5)C3)C4)c2OC1. The molecule has 0 amide bonds. The number of rotatable bonds is 7. The molecule has 1 aromatic carbocycles. The second-order valence-corrected chi connectivity index (χ2v) is 15.2. The molecule has 9 aliphatic rings. The fourth-order valence-electron chi connectivity index (χ4n) is 11.6. The Morgan fingerprint density at radius 2 is 1.37 bits per heavy atom. The molecule has 216 valence electrons. The van der Waals surface area contributed by atoms with Crippen LogP contribution in [0.5, 0.6) is 5.75 Å². The van der Waals surface area contributed by atoms with E-state index in [1.165, 1.54) is 100 Å². The van der Waals surface area contributed by atoms with Crippen LogP contribution in [0.15, 0.2) is 54.2 Å². The molecule has 1 aromatic rings. The van der Waals surface area contributed by atoms with Gasteiger partial charge in [0.2, 0.25) is 0 Å². The van der Waals surface area contributed by atoms with E-state index < -0.39 is 0 Å². The zero-order valence-corrected chi connectivity index (χ0v) is 24.8. The van der Waals surface area contributed by atoms with Crippen molar-refractivity contribution in [1.82, 2.24) is 0 Å². The normalized spacial score (nSPS) is 40.0. The molecule has 41 heavy (non-hydrogen) atoms. The van der Waals surface area contributed by atoms with Crippen LogP contribution in [-0.2, 0) is 20.4 Å². The minimum atomic E-state index is -0.300. The third-order valence-electron chi connectivity index (χ3n) is 12.3. The van der Waals surface area contributed by atoms with Gasteiger partial charge in [-0.15, -0.1) is 0 Å². The topological polar surface area (TPSA) is 35.5 Å². The number of esters is 1. The Hall–Kier alpha value is -2.55. The lowest BCUT2D eigenvalue weighted by molar-refractivity contribution is -0.137. The first-order chi connectivity index (χ1) is 20.0. The number of ether oxygens (including phenoxy) is 2. The maximum absolute atomic E-state index is 11.5.